The standard InChI is InChI=1S/C16H18N6/c17-15(20-21-16-18-11-12-19-16)22(13-7-3-1-4-8-13)14-9-5-2-6-10-14/h1-10H,11-12H2,(H2,17,20)(H2,18,19,21). The molecule has 0 amide bonds. The fraction of sp³-hybridized carbons (Fsp3) is 0.125. The van der Waals surface area contributed by atoms with Gasteiger partial charge in [-0.3, -0.25) is 4.90 Å². The lowest BCUT2D eigenvalue weighted by molar-refractivity contribution is 0.913. The van der Waals surface area contributed by atoms with Gasteiger partial charge in [0.15, 0.2) is 0 Å². The first-order valence-corrected chi connectivity index (χ1v) is 7.12. The van der Waals surface area contributed by atoms with Crippen molar-refractivity contribution < 1.29 is 0 Å². The third-order valence-electron chi connectivity index (χ3n) is 3.21. The van der Waals surface area contributed by atoms with Crippen LogP contribution in [-0.2, 0) is 0 Å². The summed E-state index contributed by atoms with van der Waals surface area (Å²) in [5, 5.41) is 7.32. The molecular formula is C16H18N6. The summed E-state index contributed by atoms with van der Waals surface area (Å²) >= 11 is 0. The van der Waals surface area contributed by atoms with E-state index in [1.807, 2.05) is 65.6 Å². The number of rotatable bonds is 3. The molecule has 1 heterocycles. The summed E-state index contributed by atoms with van der Waals surface area (Å²) in [5.74, 6) is 0.984. The first kappa shape index (κ1) is 13.9. The van der Waals surface area contributed by atoms with E-state index in [0.717, 1.165) is 24.5 Å². The van der Waals surface area contributed by atoms with Crippen molar-refractivity contribution >= 4 is 23.3 Å². The van der Waals surface area contributed by atoms with Crippen LogP contribution in [0.25, 0.3) is 0 Å². The average Bonchev–Trinajstić information content (AvgIpc) is 3.09. The number of guanidine groups is 2. The van der Waals surface area contributed by atoms with E-state index in [2.05, 4.69) is 20.8 Å². The van der Waals surface area contributed by atoms with Crippen molar-refractivity contribution in [3.05, 3.63) is 60.7 Å². The van der Waals surface area contributed by atoms with Crippen LogP contribution in [0.5, 0.6) is 0 Å². The second kappa shape index (κ2) is 6.62. The number of hydrogen-bond donors (Lipinski definition) is 3. The number of nitrogens with zero attached hydrogens (tertiary/aromatic N) is 3. The largest absolute Gasteiger partial charge is 0.368 e. The Labute approximate surface area is 129 Å². The zero-order valence-corrected chi connectivity index (χ0v) is 12.1. The van der Waals surface area contributed by atoms with Crippen molar-refractivity contribution in [3.63, 3.8) is 0 Å². The monoisotopic (exact) mass is 294 g/mol. The van der Waals surface area contributed by atoms with Crippen LogP contribution in [0.2, 0.25) is 0 Å². The number of hydrazone groups is 1. The van der Waals surface area contributed by atoms with Gasteiger partial charge in [-0.25, -0.2) is 10.4 Å². The molecule has 6 nitrogen and oxygen atoms in total. The van der Waals surface area contributed by atoms with Crippen molar-refractivity contribution in [2.45, 2.75) is 0 Å². The Morgan fingerprint density at radius 1 is 1.05 bits per heavy atom. The molecule has 22 heavy (non-hydrogen) atoms. The summed E-state index contributed by atoms with van der Waals surface area (Å²) < 4.78 is 0. The second-order valence-electron chi connectivity index (χ2n) is 4.75. The molecule has 3 rings (SSSR count). The molecular weight excluding hydrogens is 276 g/mol. The predicted octanol–water partition coefficient (Wildman–Crippen LogP) is 1.60. The molecule has 2 aromatic carbocycles. The van der Waals surface area contributed by atoms with Gasteiger partial charge in [-0.2, -0.15) is 0 Å². The van der Waals surface area contributed by atoms with Gasteiger partial charge in [-0.15, -0.1) is 5.10 Å². The number of nitrogens with two attached hydrogens (primary N) is 1. The third-order valence-corrected chi connectivity index (χ3v) is 3.21. The maximum atomic E-state index is 6.19. The first-order valence-electron chi connectivity index (χ1n) is 7.12. The van der Waals surface area contributed by atoms with Crippen molar-refractivity contribution in [2.24, 2.45) is 15.8 Å². The van der Waals surface area contributed by atoms with Crippen molar-refractivity contribution in [1.82, 2.24) is 10.7 Å². The van der Waals surface area contributed by atoms with Crippen molar-refractivity contribution in [3.8, 4) is 0 Å². The molecule has 0 saturated carbocycles. The number of para-hydroxylation sites is 2. The lowest BCUT2D eigenvalue weighted by Crippen LogP contribution is -2.38. The Morgan fingerprint density at radius 3 is 2.14 bits per heavy atom. The predicted molar refractivity (Wildman–Crippen MR) is 90.1 cm³/mol. The van der Waals surface area contributed by atoms with Crippen LogP contribution >= 0.6 is 0 Å². The molecule has 0 aromatic heterocycles. The smallest absolute Gasteiger partial charge is 0.223 e. The van der Waals surface area contributed by atoms with E-state index in [-0.39, 0.29) is 0 Å². The summed E-state index contributed by atoms with van der Waals surface area (Å²) in [6.07, 6.45) is 0. The van der Waals surface area contributed by atoms with Crippen LogP contribution in [0.3, 0.4) is 0 Å². The number of nitrogens with one attached hydrogen (secondary N) is 2. The first-order chi connectivity index (χ1) is 10.8. The zero-order chi connectivity index (χ0) is 15.2. The summed E-state index contributed by atoms with van der Waals surface area (Å²) in [7, 11) is 0. The molecule has 0 radical (unpaired) electrons. The van der Waals surface area contributed by atoms with Gasteiger partial charge in [0.2, 0.25) is 11.9 Å². The average molecular weight is 294 g/mol. The molecule has 112 valence electrons. The van der Waals surface area contributed by atoms with Crippen LogP contribution in [0.15, 0.2) is 70.8 Å². The lowest BCUT2D eigenvalue weighted by atomic mass is 10.2. The Morgan fingerprint density at radius 2 is 1.64 bits per heavy atom. The molecule has 0 aliphatic carbocycles. The summed E-state index contributed by atoms with van der Waals surface area (Å²) in [6, 6.07) is 19.8. The maximum Gasteiger partial charge on any atom is 0.223 e. The van der Waals surface area contributed by atoms with E-state index in [0.29, 0.717) is 11.9 Å². The van der Waals surface area contributed by atoms with Crippen LogP contribution in [0.1, 0.15) is 0 Å². The molecule has 2 aromatic rings. The van der Waals surface area contributed by atoms with Crippen LogP contribution in [-0.4, -0.2) is 25.0 Å². The maximum absolute atomic E-state index is 6.19. The van der Waals surface area contributed by atoms with Gasteiger partial charge in [-0.05, 0) is 24.3 Å². The van der Waals surface area contributed by atoms with Gasteiger partial charge >= 0.3 is 0 Å². The van der Waals surface area contributed by atoms with Crippen LogP contribution < -0.4 is 21.4 Å². The highest BCUT2D eigenvalue weighted by Gasteiger charge is 2.13. The minimum atomic E-state index is 0.341. The Kier molecular flexibility index (Phi) is 4.20. The van der Waals surface area contributed by atoms with E-state index in [1.54, 1.807) is 0 Å². The zero-order valence-electron chi connectivity index (χ0n) is 12.1. The van der Waals surface area contributed by atoms with E-state index in [9.17, 15) is 0 Å². The molecule has 0 fully saturated rings. The summed E-state index contributed by atoms with van der Waals surface area (Å²) in [5.41, 5.74) is 10.9. The topological polar surface area (TPSA) is 78.0 Å². The third kappa shape index (κ3) is 3.17. The van der Waals surface area contributed by atoms with Crippen LogP contribution in [0.4, 0.5) is 11.4 Å². The molecule has 0 saturated heterocycles. The molecule has 4 N–H and O–H groups in total. The molecule has 6 heteroatoms. The summed E-state index contributed by atoms with van der Waals surface area (Å²) in [6.45, 7) is 1.57. The van der Waals surface area contributed by atoms with Crippen molar-refractivity contribution in [2.75, 3.05) is 18.0 Å². The van der Waals surface area contributed by atoms with E-state index in [1.165, 1.54) is 0 Å². The fourth-order valence-electron chi connectivity index (χ4n) is 2.20. The SMILES string of the molecule is NC(=NNC1=NCCN1)N(c1ccccc1)c1ccccc1. The van der Waals surface area contributed by atoms with Gasteiger partial charge in [0.25, 0.3) is 0 Å². The Balaban J connectivity index is 1.89. The molecule has 0 atom stereocenters. The Hall–Kier alpha value is -3.02. The van der Waals surface area contributed by atoms with Gasteiger partial charge in [0.05, 0.1) is 6.54 Å². The van der Waals surface area contributed by atoms with Gasteiger partial charge < -0.3 is 11.1 Å². The fourth-order valence-corrected chi connectivity index (χ4v) is 2.20. The molecule has 1 aliphatic rings. The highest BCUT2D eigenvalue weighted by atomic mass is 15.4. The molecule has 0 bridgehead atoms. The van der Waals surface area contributed by atoms with Crippen molar-refractivity contribution in [1.29, 1.82) is 0 Å². The highest BCUT2D eigenvalue weighted by Crippen LogP contribution is 2.24. The normalized spacial score (nSPS) is 14.2. The molecule has 0 unspecified atom stereocenters. The number of benzene rings is 2. The Bertz CT molecular complexity index is 626. The number of anilines is 2. The quantitative estimate of drug-likeness (QED) is 0.456. The van der Waals surface area contributed by atoms with Crippen LogP contribution in [0, 0.1) is 0 Å². The minimum Gasteiger partial charge on any atom is -0.368 e. The van der Waals surface area contributed by atoms with E-state index >= 15 is 0 Å². The van der Waals surface area contributed by atoms with E-state index in [4.69, 9.17) is 5.73 Å². The van der Waals surface area contributed by atoms with Gasteiger partial charge in [0.1, 0.15) is 0 Å². The number of aliphatic imine (C=N–C) groups is 1. The summed E-state index contributed by atoms with van der Waals surface area (Å²) in [4.78, 5) is 6.10. The number of hydrogen-bond acceptors (Lipinski definition) is 4. The lowest BCUT2D eigenvalue weighted by Gasteiger charge is -2.23. The molecule has 0 spiro atoms. The highest BCUT2D eigenvalue weighted by molar-refractivity contribution is 6.02. The van der Waals surface area contributed by atoms with Gasteiger partial charge in [0, 0.05) is 17.9 Å². The van der Waals surface area contributed by atoms with Gasteiger partial charge in [-0.1, -0.05) is 36.4 Å². The molecule has 1 aliphatic heterocycles. The second-order valence-corrected chi connectivity index (χ2v) is 4.75. The minimum absolute atomic E-state index is 0.341. The van der Waals surface area contributed by atoms with E-state index < -0.39 is 0 Å².